The van der Waals surface area contributed by atoms with Crippen LogP contribution in [-0.2, 0) is 0 Å². The highest BCUT2D eigenvalue weighted by Gasteiger charge is 2.14. The van der Waals surface area contributed by atoms with Crippen molar-refractivity contribution >= 4 is 0 Å². The van der Waals surface area contributed by atoms with E-state index < -0.39 is 0 Å². The van der Waals surface area contributed by atoms with Gasteiger partial charge >= 0.3 is 0 Å². The van der Waals surface area contributed by atoms with Gasteiger partial charge < -0.3 is 5.32 Å². The molecule has 2 rings (SSSR count). The monoisotopic (exact) mass is 258 g/mol. The maximum Gasteiger partial charge on any atom is 0.123 e. The lowest BCUT2D eigenvalue weighted by molar-refractivity contribution is 0.449. The van der Waals surface area contributed by atoms with Gasteiger partial charge in [-0.05, 0) is 43.2 Å². The Kier molecular flexibility index (Phi) is 4.63. The Balaban J connectivity index is 2.09. The summed E-state index contributed by atoms with van der Waals surface area (Å²) in [6, 6.07) is 13.0. The Morgan fingerprint density at radius 1 is 1.16 bits per heavy atom. The number of halogens is 1. The fraction of sp³-hybridized carbons (Fsp3) is 0.312. The molecule has 19 heavy (non-hydrogen) atoms. The lowest BCUT2D eigenvalue weighted by Gasteiger charge is -2.22. The van der Waals surface area contributed by atoms with Crippen LogP contribution < -0.4 is 5.32 Å². The maximum absolute atomic E-state index is 13.0. The van der Waals surface area contributed by atoms with Crippen molar-refractivity contribution in [1.82, 2.24) is 10.3 Å². The van der Waals surface area contributed by atoms with E-state index in [1.807, 2.05) is 30.3 Å². The van der Waals surface area contributed by atoms with Crippen LogP contribution in [-0.4, -0.2) is 4.98 Å². The zero-order chi connectivity index (χ0) is 13.7. The third-order valence-electron chi connectivity index (χ3n) is 3.26. The van der Waals surface area contributed by atoms with Gasteiger partial charge in [-0.2, -0.15) is 0 Å². The van der Waals surface area contributed by atoms with E-state index in [-0.39, 0.29) is 17.9 Å². The molecule has 2 atom stereocenters. The molecule has 1 heterocycles. The number of pyridine rings is 1. The Bertz CT molecular complexity index is 496. The molecule has 3 heteroatoms. The van der Waals surface area contributed by atoms with Gasteiger partial charge in [0.05, 0.1) is 5.69 Å². The summed E-state index contributed by atoms with van der Waals surface area (Å²) in [4.78, 5) is 4.35. The minimum absolute atomic E-state index is 0.163. The van der Waals surface area contributed by atoms with Gasteiger partial charge in [0.15, 0.2) is 0 Å². The number of hydrogen-bond acceptors (Lipinski definition) is 2. The Labute approximate surface area is 113 Å². The van der Waals surface area contributed by atoms with E-state index in [1.165, 1.54) is 12.1 Å². The molecule has 0 aliphatic heterocycles. The highest BCUT2D eigenvalue weighted by molar-refractivity contribution is 5.20. The minimum Gasteiger partial charge on any atom is -0.302 e. The van der Waals surface area contributed by atoms with Gasteiger partial charge in [-0.15, -0.1) is 0 Å². The average molecular weight is 258 g/mol. The van der Waals surface area contributed by atoms with Crippen LogP contribution in [0.5, 0.6) is 0 Å². The minimum atomic E-state index is -0.198. The van der Waals surface area contributed by atoms with Gasteiger partial charge in [0.2, 0.25) is 0 Å². The number of rotatable bonds is 5. The van der Waals surface area contributed by atoms with Gasteiger partial charge in [-0.25, -0.2) is 4.39 Å². The molecule has 0 saturated heterocycles. The normalized spacial score (nSPS) is 14.1. The molecular weight excluding hydrogens is 239 g/mol. The lowest BCUT2D eigenvalue weighted by Crippen LogP contribution is -2.24. The van der Waals surface area contributed by atoms with E-state index in [9.17, 15) is 4.39 Å². The predicted octanol–water partition coefficient (Wildman–Crippen LogP) is 4.02. The molecule has 1 aromatic heterocycles. The van der Waals surface area contributed by atoms with Crippen LogP contribution in [0, 0.1) is 5.82 Å². The van der Waals surface area contributed by atoms with Crippen LogP contribution in [0.1, 0.15) is 43.6 Å². The lowest BCUT2D eigenvalue weighted by atomic mass is 10.0. The van der Waals surface area contributed by atoms with E-state index in [2.05, 4.69) is 24.1 Å². The number of nitrogens with zero attached hydrogens (tertiary/aromatic N) is 1. The van der Waals surface area contributed by atoms with E-state index in [0.717, 1.165) is 17.7 Å². The Morgan fingerprint density at radius 2 is 1.89 bits per heavy atom. The summed E-state index contributed by atoms with van der Waals surface area (Å²) in [6.45, 7) is 4.21. The highest BCUT2D eigenvalue weighted by atomic mass is 19.1. The van der Waals surface area contributed by atoms with Crippen LogP contribution in [0.3, 0.4) is 0 Å². The number of aromatic nitrogens is 1. The summed E-state index contributed by atoms with van der Waals surface area (Å²) >= 11 is 0. The van der Waals surface area contributed by atoms with Crippen molar-refractivity contribution in [2.45, 2.75) is 32.4 Å². The summed E-state index contributed by atoms with van der Waals surface area (Å²) in [7, 11) is 0. The second-order valence-corrected chi connectivity index (χ2v) is 4.66. The molecule has 2 unspecified atom stereocenters. The average Bonchev–Trinajstić information content (AvgIpc) is 2.46. The summed E-state index contributed by atoms with van der Waals surface area (Å²) < 4.78 is 13.0. The first kappa shape index (κ1) is 13.7. The zero-order valence-corrected chi connectivity index (χ0v) is 11.3. The van der Waals surface area contributed by atoms with E-state index in [0.29, 0.717) is 0 Å². The first-order chi connectivity index (χ1) is 9.20. The first-order valence-corrected chi connectivity index (χ1v) is 6.63. The first-order valence-electron chi connectivity index (χ1n) is 6.63. The van der Waals surface area contributed by atoms with E-state index in [4.69, 9.17) is 0 Å². The van der Waals surface area contributed by atoms with Crippen LogP contribution in [0.4, 0.5) is 4.39 Å². The van der Waals surface area contributed by atoms with Gasteiger partial charge in [0.25, 0.3) is 0 Å². The summed E-state index contributed by atoms with van der Waals surface area (Å²) in [5.41, 5.74) is 2.12. The molecule has 0 radical (unpaired) electrons. The molecule has 0 aliphatic carbocycles. The smallest absolute Gasteiger partial charge is 0.123 e. The van der Waals surface area contributed by atoms with Gasteiger partial charge in [-0.3, -0.25) is 4.98 Å². The van der Waals surface area contributed by atoms with Crippen LogP contribution in [0.2, 0.25) is 0 Å². The van der Waals surface area contributed by atoms with Crippen LogP contribution >= 0.6 is 0 Å². The molecule has 0 fully saturated rings. The van der Waals surface area contributed by atoms with Gasteiger partial charge in [-0.1, -0.05) is 25.1 Å². The largest absolute Gasteiger partial charge is 0.302 e. The molecule has 100 valence electrons. The Hall–Kier alpha value is -1.74. The summed E-state index contributed by atoms with van der Waals surface area (Å²) in [5.74, 6) is -0.198. The van der Waals surface area contributed by atoms with E-state index in [1.54, 1.807) is 6.20 Å². The zero-order valence-electron chi connectivity index (χ0n) is 11.3. The van der Waals surface area contributed by atoms with Crippen molar-refractivity contribution in [3.8, 4) is 0 Å². The second kappa shape index (κ2) is 6.43. The number of hydrogen-bond donors (Lipinski definition) is 1. The van der Waals surface area contributed by atoms with Crippen molar-refractivity contribution < 1.29 is 4.39 Å². The maximum atomic E-state index is 13.0. The molecule has 1 aromatic carbocycles. The molecule has 0 aliphatic rings. The molecular formula is C16H19FN2. The second-order valence-electron chi connectivity index (χ2n) is 4.66. The highest BCUT2D eigenvalue weighted by Crippen LogP contribution is 2.21. The molecule has 2 aromatic rings. The Morgan fingerprint density at radius 3 is 2.47 bits per heavy atom. The molecule has 0 bridgehead atoms. The topological polar surface area (TPSA) is 24.9 Å². The molecule has 0 amide bonds. The van der Waals surface area contributed by atoms with Gasteiger partial charge in [0, 0.05) is 18.3 Å². The SMILES string of the molecule is CCC(NC(C)c1ccccn1)c1ccc(F)cc1. The van der Waals surface area contributed by atoms with Crippen molar-refractivity contribution in [2.24, 2.45) is 0 Å². The molecule has 0 spiro atoms. The van der Waals surface area contributed by atoms with Crippen molar-refractivity contribution in [3.05, 3.63) is 65.7 Å². The van der Waals surface area contributed by atoms with E-state index >= 15 is 0 Å². The summed E-state index contributed by atoms with van der Waals surface area (Å²) in [6.07, 6.45) is 2.75. The third kappa shape index (κ3) is 3.61. The van der Waals surface area contributed by atoms with Gasteiger partial charge in [0.1, 0.15) is 5.82 Å². The van der Waals surface area contributed by atoms with Crippen LogP contribution in [0.15, 0.2) is 48.7 Å². The fourth-order valence-corrected chi connectivity index (χ4v) is 2.16. The van der Waals surface area contributed by atoms with Crippen molar-refractivity contribution in [2.75, 3.05) is 0 Å². The van der Waals surface area contributed by atoms with Crippen molar-refractivity contribution in [1.29, 1.82) is 0 Å². The predicted molar refractivity (Wildman–Crippen MR) is 75.2 cm³/mol. The number of nitrogens with one attached hydrogen (secondary N) is 1. The van der Waals surface area contributed by atoms with Crippen molar-refractivity contribution in [3.63, 3.8) is 0 Å². The molecule has 0 saturated carbocycles. The number of benzene rings is 1. The fourth-order valence-electron chi connectivity index (χ4n) is 2.16. The quantitative estimate of drug-likeness (QED) is 0.876. The summed E-state index contributed by atoms with van der Waals surface area (Å²) in [5, 5.41) is 3.53. The standard InChI is InChI=1S/C16H19FN2/c1-3-15(13-7-9-14(17)10-8-13)19-12(2)16-6-4-5-11-18-16/h4-12,15,19H,3H2,1-2H3. The van der Waals surface area contributed by atoms with Crippen LogP contribution in [0.25, 0.3) is 0 Å². The molecule has 1 N–H and O–H groups in total. The third-order valence-corrected chi connectivity index (χ3v) is 3.26. The molecule has 2 nitrogen and oxygen atoms in total.